The number of hydrogen-bond acceptors (Lipinski definition) is 4. The van der Waals surface area contributed by atoms with Gasteiger partial charge in [-0.1, -0.05) is 36.4 Å². The largest absolute Gasteiger partial charge is 0.478 e. The zero-order valence-corrected chi connectivity index (χ0v) is 10.1. The molecular weight excluding hydrogens is 244 g/mol. The minimum atomic E-state index is -1.08. The molecular formula is C14H14N2O3. The van der Waals surface area contributed by atoms with Gasteiger partial charge in [-0.15, -0.1) is 0 Å². The van der Waals surface area contributed by atoms with E-state index in [4.69, 9.17) is 10.9 Å². The summed E-state index contributed by atoms with van der Waals surface area (Å²) in [4.78, 5) is 20.7. The van der Waals surface area contributed by atoms with Crippen molar-refractivity contribution in [1.29, 1.82) is 0 Å². The molecule has 0 aliphatic heterocycles. The number of carbonyl (C=O) groups excluding carboxylic acids is 1. The van der Waals surface area contributed by atoms with Crippen LogP contribution in [0.25, 0.3) is 0 Å². The highest BCUT2D eigenvalue weighted by Gasteiger charge is 2.06. The third kappa shape index (κ3) is 4.61. The van der Waals surface area contributed by atoms with Crippen molar-refractivity contribution >= 4 is 17.9 Å². The van der Waals surface area contributed by atoms with Gasteiger partial charge in [-0.25, -0.2) is 4.79 Å². The van der Waals surface area contributed by atoms with Gasteiger partial charge >= 0.3 is 5.97 Å². The van der Waals surface area contributed by atoms with Gasteiger partial charge in [0.05, 0.1) is 5.56 Å². The molecule has 0 saturated carbocycles. The van der Waals surface area contributed by atoms with Crippen molar-refractivity contribution in [3.05, 3.63) is 65.7 Å². The van der Waals surface area contributed by atoms with Crippen LogP contribution in [0.15, 0.2) is 54.6 Å². The molecule has 0 aromatic heterocycles. The highest BCUT2D eigenvalue weighted by molar-refractivity contribution is 5.96. The normalized spacial score (nSPS) is 8.89. The number of aldehydes is 1. The topological polar surface area (TPSA) is 92.4 Å². The van der Waals surface area contributed by atoms with Crippen LogP contribution in [0.2, 0.25) is 0 Å². The molecule has 0 saturated heterocycles. The lowest BCUT2D eigenvalue weighted by molar-refractivity contribution is 0.0694. The van der Waals surface area contributed by atoms with Crippen LogP contribution in [0, 0.1) is 0 Å². The van der Waals surface area contributed by atoms with Crippen molar-refractivity contribution in [3.63, 3.8) is 0 Å². The first-order valence-corrected chi connectivity index (χ1v) is 5.48. The summed E-state index contributed by atoms with van der Waals surface area (Å²) in [6.45, 7) is 0. The first-order valence-electron chi connectivity index (χ1n) is 5.48. The molecule has 2 aromatic rings. The smallest absolute Gasteiger partial charge is 0.336 e. The van der Waals surface area contributed by atoms with Crippen LogP contribution in [0.3, 0.4) is 0 Å². The molecule has 0 atom stereocenters. The second-order valence-corrected chi connectivity index (χ2v) is 3.52. The molecule has 2 rings (SSSR count). The predicted octanol–water partition coefficient (Wildman–Crippen LogP) is 2.17. The molecule has 0 unspecified atom stereocenters. The van der Waals surface area contributed by atoms with Crippen LogP contribution in [0.4, 0.5) is 5.69 Å². The average molecular weight is 258 g/mol. The standard InChI is InChI=1S/C8H6O3.C6H8N2/c9-5-6-3-1-2-4-7(6)8(10)11;7-8-6-4-2-1-3-5-6/h1-5H,(H,10,11);1-5,8H,7H2. The van der Waals surface area contributed by atoms with Gasteiger partial charge in [0.25, 0.3) is 0 Å². The fourth-order valence-electron chi connectivity index (χ4n) is 1.33. The van der Waals surface area contributed by atoms with Crippen LogP contribution < -0.4 is 11.3 Å². The van der Waals surface area contributed by atoms with E-state index in [1.807, 2.05) is 30.3 Å². The summed E-state index contributed by atoms with van der Waals surface area (Å²) in [5.74, 6) is 4.02. The molecule has 4 N–H and O–H groups in total. The highest BCUT2D eigenvalue weighted by atomic mass is 16.4. The number of carbonyl (C=O) groups is 2. The van der Waals surface area contributed by atoms with Crippen molar-refractivity contribution in [2.45, 2.75) is 0 Å². The second kappa shape index (κ2) is 7.62. The van der Waals surface area contributed by atoms with E-state index in [9.17, 15) is 9.59 Å². The van der Waals surface area contributed by atoms with E-state index in [1.165, 1.54) is 12.1 Å². The van der Waals surface area contributed by atoms with Gasteiger partial charge in [-0.3, -0.25) is 10.6 Å². The van der Waals surface area contributed by atoms with E-state index in [2.05, 4.69) is 5.43 Å². The van der Waals surface area contributed by atoms with Crippen molar-refractivity contribution < 1.29 is 14.7 Å². The summed E-state index contributed by atoms with van der Waals surface area (Å²) in [6.07, 6.45) is 0.531. The predicted molar refractivity (Wildman–Crippen MR) is 73.0 cm³/mol. The number of aromatic carboxylic acids is 1. The maximum Gasteiger partial charge on any atom is 0.336 e. The van der Waals surface area contributed by atoms with E-state index in [-0.39, 0.29) is 11.1 Å². The number of nitrogens with two attached hydrogens (primary N) is 1. The zero-order chi connectivity index (χ0) is 14.1. The van der Waals surface area contributed by atoms with E-state index in [0.717, 1.165) is 5.69 Å². The fourth-order valence-corrected chi connectivity index (χ4v) is 1.33. The van der Waals surface area contributed by atoms with Crippen LogP contribution in [0.5, 0.6) is 0 Å². The van der Waals surface area contributed by atoms with Crippen molar-refractivity contribution in [2.75, 3.05) is 5.43 Å². The number of carboxylic acids is 1. The molecule has 19 heavy (non-hydrogen) atoms. The van der Waals surface area contributed by atoms with E-state index in [1.54, 1.807) is 12.1 Å². The third-order valence-electron chi connectivity index (χ3n) is 2.26. The van der Waals surface area contributed by atoms with Crippen LogP contribution in [0.1, 0.15) is 20.7 Å². The Balaban J connectivity index is 0.000000200. The summed E-state index contributed by atoms with van der Waals surface area (Å²) in [5, 5.41) is 8.54. The Kier molecular flexibility index (Phi) is 5.78. The van der Waals surface area contributed by atoms with E-state index < -0.39 is 5.97 Å². The number of nitrogens with one attached hydrogen (secondary N) is 1. The minimum Gasteiger partial charge on any atom is -0.478 e. The molecule has 0 aliphatic carbocycles. The summed E-state index contributed by atoms with van der Waals surface area (Å²) >= 11 is 0. The van der Waals surface area contributed by atoms with Gasteiger partial charge in [0.2, 0.25) is 0 Å². The minimum absolute atomic E-state index is 0.0440. The average Bonchev–Trinajstić information content (AvgIpc) is 2.48. The molecule has 98 valence electrons. The summed E-state index contributed by atoms with van der Waals surface area (Å²) in [5.41, 5.74) is 3.72. The molecule has 5 heteroatoms. The van der Waals surface area contributed by atoms with Crippen LogP contribution in [-0.2, 0) is 0 Å². The lowest BCUT2D eigenvalue weighted by Gasteiger charge is -1.95. The zero-order valence-electron chi connectivity index (χ0n) is 10.1. The number of benzene rings is 2. The van der Waals surface area contributed by atoms with Crippen molar-refractivity contribution in [1.82, 2.24) is 0 Å². The third-order valence-corrected chi connectivity index (χ3v) is 2.26. The number of hydrazine groups is 1. The molecule has 2 aromatic carbocycles. The maximum absolute atomic E-state index is 10.4. The molecule has 0 amide bonds. The fraction of sp³-hybridized carbons (Fsp3) is 0. The Morgan fingerprint density at radius 1 is 1.05 bits per heavy atom. The van der Waals surface area contributed by atoms with Crippen LogP contribution >= 0.6 is 0 Å². The molecule has 0 fully saturated rings. The van der Waals surface area contributed by atoms with E-state index >= 15 is 0 Å². The van der Waals surface area contributed by atoms with Gasteiger partial charge in [-0.2, -0.15) is 0 Å². The Morgan fingerprint density at radius 2 is 1.63 bits per heavy atom. The molecule has 5 nitrogen and oxygen atoms in total. The first-order chi connectivity index (χ1) is 9.19. The Hall–Kier alpha value is -2.66. The molecule has 0 radical (unpaired) electrons. The van der Waals surface area contributed by atoms with Gasteiger partial charge in [0, 0.05) is 11.3 Å². The number of hydrogen-bond donors (Lipinski definition) is 3. The van der Waals surface area contributed by atoms with E-state index in [0.29, 0.717) is 6.29 Å². The Labute approximate surface area is 110 Å². The lowest BCUT2D eigenvalue weighted by atomic mass is 10.1. The van der Waals surface area contributed by atoms with Gasteiger partial charge in [0.1, 0.15) is 0 Å². The molecule has 0 aliphatic rings. The number of para-hydroxylation sites is 1. The monoisotopic (exact) mass is 258 g/mol. The van der Waals surface area contributed by atoms with Crippen molar-refractivity contribution in [3.8, 4) is 0 Å². The van der Waals surface area contributed by atoms with Gasteiger partial charge in [-0.05, 0) is 18.2 Å². The molecule has 0 spiro atoms. The number of nitrogen functional groups attached to an aromatic ring is 1. The number of rotatable bonds is 3. The van der Waals surface area contributed by atoms with Gasteiger partial charge < -0.3 is 10.5 Å². The quantitative estimate of drug-likeness (QED) is 0.445. The number of anilines is 1. The summed E-state index contributed by atoms with van der Waals surface area (Å²) in [7, 11) is 0. The SMILES string of the molecule is NNc1ccccc1.O=Cc1ccccc1C(=O)O. The summed E-state index contributed by atoms with van der Waals surface area (Å²) < 4.78 is 0. The highest BCUT2D eigenvalue weighted by Crippen LogP contribution is 2.04. The Morgan fingerprint density at radius 3 is 2.05 bits per heavy atom. The summed E-state index contributed by atoms with van der Waals surface area (Å²) in [6, 6.07) is 15.7. The van der Waals surface area contributed by atoms with Gasteiger partial charge in [0.15, 0.2) is 6.29 Å². The first kappa shape index (κ1) is 14.4. The Bertz CT molecular complexity index is 541. The maximum atomic E-state index is 10.4. The van der Waals surface area contributed by atoms with Crippen molar-refractivity contribution in [2.24, 2.45) is 5.84 Å². The number of carboxylic acid groups (broad SMARTS) is 1. The molecule has 0 heterocycles. The second-order valence-electron chi connectivity index (χ2n) is 3.52. The van der Waals surface area contributed by atoms with Crippen LogP contribution in [-0.4, -0.2) is 17.4 Å². The lowest BCUT2D eigenvalue weighted by Crippen LogP contribution is -2.05. The molecule has 0 bridgehead atoms.